The molecule has 0 amide bonds. The molecule has 0 aromatic carbocycles. The Morgan fingerprint density at radius 2 is 1.67 bits per heavy atom. The summed E-state index contributed by atoms with van der Waals surface area (Å²) >= 11 is 0. The Hall–Kier alpha value is -0.120. The van der Waals surface area contributed by atoms with Crippen molar-refractivity contribution in [3.63, 3.8) is 0 Å². The number of aliphatic hydroxyl groups is 1. The molecule has 1 unspecified atom stereocenters. The summed E-state index contributed by atoms with van der Waals surface area (Å²) in [5.41, 5.74) is -0.572. The average Bonchev–Trinajstić information content (AvgIpc) is 2.34. The van der Waals surface area contributed by atoms with E-state index in [2.05, 4.69) is 12.2 Å². The van der Waals surface area contributed by atoms with Crippen LogP contribution in [0.25, 0.3) is 0 Å². The van der Waals surface area contributed by atoms with Crippen molar-refractivity contribution in [2.75, 3.05) is 26.8 Å². The van der Waals surface area contributed by atoms with Crippen LogP contribution < -0.4 is 5.32 Å². The predicted octanol–water partition coefficient (Wildman–Crippen LogP) is 3.11. The largest absolute Gasteiger partial charge is 0.389 e. The summed E-state index contributed by atoms with van der Waals surface area (Å²) < 4.78 is 4.96. The Bertz CT molecular complexity index is 172. The first kappa shape index (κ1) is 17.9. The van der Waals surface area contributed by atoms with E-state index >= 15 is 0 Å². The minimum Gasteiger partial charge on any atom is -0.389 e. The lowest BCUT2D eigenvalue weighted by Gasteiger charge is -2.23. The molecule has 0 aromatic heterocycles. The second kappa shape index (κ2) is 11.9. The lowest BCUT2D eigenvalue weighted by atomic mass is 9.97. The van der Waals surface area contributed by atoms with Crippen LogP contribution in [-0.2, 0) is 4.74 Å². The molecule has 0 aromatic rings. The Labute approximate surface area is 113 Å². The zero-order valence-electron chi connectivity index (χ0n) is 12.6. The second-order valence-electron chi connectivity index (χ2n) is 5.54. The van der Waals surface area contributed by atoms with Crippen molar-refractivity contribution in [2.45, 2.75) is 70.8 Å². The fourth-order valence-electron chi connectivity index (χ4n) is 2.08. The molecule has 110 valence electrons. The maximum Gasteiger partial charge on any atom is 0.0743 e. The molecule has 0 fully saturated rings. The van der Waals surface area contributed by atoms with Crippen LogP contribution in [0, 0.1) is 0 Å². The van der Waals surface area contributed by atoms with Gasteiger partial charge in [0.2, 0.25) is 0 Å². The first-order valence-corrected chi connectivity index (χ1v) is 7.54. The van der Waals surface area contributed by atoms with Crippen molar-refractivity contribution in [3.8, 4) is 0 Å². The Morgan fingerprint density at radius 1 is 1.06 bits per heavy atom. The van der Waals surface area contributed by atoms with Crippen LogP contribution in [0.4, 0.5) is 0 Å². The highest BCUT2D eigenvalue weighted by molar-refractivity contribution is 4.75. The fraction of sp³-hybridized carbons (Fsp3) is 1.00. The first-order chi connectivity index (χ1) is 8.62. The molecule has 0 rings (SSSR count). The standard InChI is InChI=1S/C15H33NO2/c1-4-5-6-7-8-9-10-11-15(2,17)14-16-12-13-18-3/h16-17H,4-14H2,1-3H3. The fourth-order valence-corrected chi connectivity index (χ4v) is 2.08. The van der Waals surface area contributed by atoms with Crippen molar-refractivity contribution in [1.29, 1.82) is 0 Å². The van der Waals surface area contributed by atoms with Gasteiger partial charge in [0.1, 0.15) is 0 Å². The van der Waals surface area contributed by atoms with E-state index in [1.54, 1.807) is 7.11 Å². The Morgan fingerprint density at radius 3 is 2.28 bits per heavy atom. The number of rotatable bonds is 13. The normalized spacial score (nSPS) is 14.7. The minimum absolute atomic E-state index is 0.572. The summed E-state index contributed by atoms with van der Waals surface area (Å²) in [7, 11) is 1.69. The van der Waals surface area contributed by atoms with Gasteiger partial charge < -0.3 is 15.2 Å². The van der Waals surface area contributed by atoms with Gasteiger partial charge in [0.15, 0.2) is 0 Å². The second-order valence-corrected chi connectivity index (χ2v) is 5.54. The van der Waals surface area contributed by atoms with Gasteiger partial charge in [-0.2, -0.15) is 0 Å². The van der Waals surface area contributed by atoms with Crippen LogP contribution in [0.1, 0.15) is 65.2 Å². The number of unbranched alkanes of at least 4 members (excludes halogenated alkanes) is 6. The quantitative estimate of drug-likeness (QED) is 0.499. The lowest BCUT2D eigenvalue weighted by Crippen LogP contribution is -2.38. The van der Waals surface area contributed by atoms with Gasteiger partial charge in [-0.15, -0.1) is 0 Å². The van der Waals surface area contributed by atoms with E-state index in [0.717, 1.165) is 19.4 Å². The molecule has 0 spiro atoms. The van der Waals surface area contributed by atoms with E-state index in [1.165, 1.54) is 38.5 Å². The molecule has 0 aliphatic rings. The van der Waals surface area contributed by atoms with Gasteiger partial charge in [-0.1, -0.05) is 51.9 Å². The molecule has 1 atom stereocenters. The van der Waals surface area contributed by atoms with Crippen LogP contribution in [0.2, 0.25) is 0 Å². The molecule has 3 nitrogen and oxygen atoms in total. The Balaban J connectivity index is 3.34. The van der Waals surface area contributed by atoms with E-state index in [0.29, 0.717) is 13.2 Å². The summed E-state index contributed by atoms with van der Waals surface area (Å²) in [5, 5.41) is 13.4. The van der Waals surface area contributed by atoms with Gasteiger partial charge in [-0.25, -0.2) is 0 Å². The third kappa shape index (κ3) is 12.3. The van der Waals surface area contributed by atoms with Gasteiger partial charge in [0.05, 0.1) is 12.2 Å². The van der Waals surface area contributed by atoms with Gasteiger partial charge in [0, 0.05) is 20.2 Å². The van der Waals surface area contributed by atoms with Crippen LogP contribution in [-0.4, -0.2) is 37.5 Å². The van der Waals surface area contributed by atoms with E-state index < -0.39 is 5.60 Å². The number of hydrogen-bond acceptors (Lipinski definition) is 3. The van der Waals surface area contributed by atoms with Gasteiger partial charge in [0.25, 0.3) is 0 Å². The van der Waals surface area contributed by atoms with Crippen LogP contribution in [0.15, 0.2) is 0 Å². The highest BCUT2D eigenvalue weighted by Gasteiger charge is 2.18. The summed E-state index contributed by atoms with van der Waals surface area (Å²) in [5.74, 6) is 0. The van der Waals surface area contributed by atoms with E-state index in [9.17, 15) is 5.11 Å². The van der Waals surface area contributed by atoms with Crippen LogP contribution in [0.3, 0.4) is 0 Å². The topological polar surface area (TPSA) is 41.5 Å². The number of hydrogen-bond donors (Lipinski definition) is 2. The summed E-state index contributed by atoms with van der Waals surface area (Å²) in [6.07, 6.45) is 9.97. The van der Waals surface area contributed by atoms with Crippen LogP contribution in [0.5, 0.6) is 0 Å². The number of nitrogens with one attached hydrogen (secondary N) is 1. The SMILES string of the molecule is CCCCCCCCCC(C)(O)CNCCOC. The molecule has 0 bridgehead atoms. The molecule has 2 N–H and O–H groups in total. The highest BCUT2D eigenvalue weighted by Crippen LogP contribution is 2.15. The maximum atomic E-state index is 10.2. The molecular weight excluding hydrogens is 226 g/mol. The first-order valence-electron chi connectivity index (χ1n) is 7.54. The molecule has 0 radical (unpaired) electrons. The lowest BCUT2D eigenvalue weighted by molar-refractivity contribution is 0.0464. The summed E-state index contributed by atoms with van der Waals surface area (Å²) in [6.45, 7) is 6.33. The molecule has 3 heteroatoms. The zero-order chi connectivity index (χ0) is 13.7. The van der Waals surface area contributed by atoms with Crippen molar-refractivity contribution < 1.29 is 9.84 Å². The van der Waals surface area contributed by atoms with Gasteiger partial charge in [-0.3, -0.25) is 0 Å². The summed E-state index contributed by atoms with van der Waals surface area (Å²) in [4.78, 5) is 0. The van der Waals surface area contributed by atoms with Crippen molar-refractivity contribution in [3.05, 3.63) is 0 Å². The molecule has 0 saturated carbocycles. The molecule has 0 saturated heterocycles. The van der Waals surface area contributed by atoms with Crippen LogP contribution >= 0.6 is 0 Å². The van der Waals surface area contributed by atoms with Crippen molar-refractivity contribution in [1.82, 2.24) is 5.32 Å². The average molecular weight is 259 g/mol. The van der Waals surface area contributed by atoms with E-state index in [4.69, 9.17) is 4.74 Å². The smallest absolute Gasteiger partial charge is 0.0743 e. The van der Waals surface area contributed by atoms with Gasteiger partial charge >= 0.3 is 0 Å². The van der Waals surface area contributed by atoms with Gasteiger partial charge in [-0.05, 0) is 13.3 Å². The minimum atomic E-state index is -0.572. The molecular formula is C15H33NO2. The predicted molar refractivity (Wildman–Crippen MR) is 78.0 cm³/mol. The zero-order valence-corrected chi connectivity index (χ0v) is 12.6. The third-order valence-corrected chi connectivity index (χ3v) is 3.31. The molecule has 0 heterocycles. The number of ether oxygens (including phenoxy) is 1. The molecule has 0 aliphatic carbocycles. The van der Waals surface area contributed by atoms with Crippen molar-refractivity contribution in [2.24, 2.45) is 0 Å². The van der Waals surface area contributed by atoms with E-state index in [1.807, 2.05) is 6.92 Å². The number of methoxy groups -OCH3 is 1. The summed E-state index contributed by atoms with van der Waals surface area (Å²) in [6, 6.07) is 0. The van der Waals surface area contributed by atoms with E-state index in [-0.39, 0.29) is 0 Å². The molecule has 0 aliphatic heterocycles. The van der Waals surface area contributed by atoms with Crippen molar-refractivity contribution >= 4 is 0 Å². The maximum absolute atomic E-state index is 10.2. The third-order valence-electron chi connectivity index (χ3n) is 3.31. The molecule has 18 heavy (non-hydrogen) atoms. The Kier molecular flexibility index (Phi) is 11.9. The highest BCUT2D eigenvalue weighted by atomic mass is 16.5. The monoisotopic (exact) mass is 259 g/mol.